The fourth-order valence-corrected chi connectivity index (χ4v) is 1.70. The molecule has 1 aromatic heterocycles. The fourth-order valence-electron chi connectivity index (χ4n) is 1.70. The van der Waals surface area contributed by atoms with Crippen molar-refractivity contribution >= 4 is 17.3 Å². The van der Waals surface area contributed by atoms with Gasteiger partial charge in [-0.05, 0) is 37.6 Å². The van der Waals surface area contributed by atoms with Crippen LogP contribution >= 0.6 is 0 Å². The van der Waals surface area contributed by atoms with E-state index in [1.165, 1.54) is 0 Å². The van der Waals surface area contributed by atoms with Gasteiger partial charge in [-0.1, -0.05) is 0 Å². The molecule has 0 atom stereocenters. The van der Waals surface area contributed by atoms with Gasteiger partial charge in [0.05, 0.1) is 7.11 Å². The van der Waals surface area contributed by atoms with E-state index >= 15 is 0 Å². The van der Waals surface area contributed by atoms with Crippen LogP contribution in [0.4, 0.5) is 17.3 Å². The molecular weight excluding hydrogens is 216 g/mol. The summed E-state index contributed by atoms with van der Waals surface area (Å²) in [5, 5.41) is 3.16. The van der Waals surface area contributed by atoms with E-state index < -0.39 is 0 Å². The third-order valence-corrected chi connectivity index (χ3v) is 2.51. The van der Waals surface area contributed by atoms with E-state index in [0.717, 1.165) is 22.8 Å². The van der Waals surface area contributed by atoms with E-state index in [2.05, 4.69) is 15.3 Å². The van der Waals surface area contributed by atoms with Gasteiger partial charge in [0.15, 0.2) is 5.82 Å². The van der Waals surface area contributed by atoms with Crippen molar-refractivity contribution in [1.82, 2.24) is 9.97 Å². The first-order valence-corrected chi connectivity index (χ1v) is 5.34. The molecule has 0 aliphatic rings. The molecule has 17 heavy (non-hydrogen) atoms. The number of hydrogen-bond acceptors (Lipinski definition) is 4. The largest absolute Gasteiger partial charge is 0.496 e. The number of hydrogen-bond donors (Lipinski definition) is 3. The lowest BCUT2D eigenvalue weighted by atomic mass is 10.2. The monoisotopic (exact) mass is 232 g/mol. The Labute approximate surface area is 100 Å². The van der Waals surface area contributed by atoms with Crippen molar-refractivity contribution in [2.24, 2.45) is 0 Å². The zero-order valence-electron chi connectivity index (χ0n) is 10.2. The molecule has 90 valence electrons. The third-order valence-electron chi connectivity index (χ3n) is 2.51. The smallest absolute Gasteiger partial charge is 0.173 e. The number of ether oxygens (including phenoxy) is 1. The zero-order valence-corrected chi connectivity index (χ0v) is 10.2. The van der Waals surface area contributed by atoms with Crippen molar-refractivity contribution in [2.75, 3.05) is 18.2 Å². The molecule has 0 spiro atoms. The number of nitrogen functional groups attached to an aromatic ring is 1. The summed E-state index contributed by atoms with van der Waals surface area (Å²) in [5.74, 6) is 2.83. The second-order valence-corrected chi connectivity index (χ2v) is 3.89. The van der Waals surface area contributed by atoms with Crippen LogP contribution < -0.4 is 15.8 Å². The number of aryl methyl sites for hydroxylation is 2. The first-order valence-electron chi connectivity index (χ1n) is 5.34. The van der Waals surface area contributed by atoms with Gasteiger partial charge >= 0.3 is 0 Å². The summed E-state index contributed by atoms with van der Waals surface area (Å²) in [7, 11) is 1.66. The molecule has 0 radical (unpaired) electrons. The molecule has 0 unspecified atom stereocenters. The van der Waals surface area contributed by atoms with Crippen LogP contribution in [0.3, 0.4) is 0 Å². The average Bonchev–Trinajstić information content (AvgIpc) is 2.58. The van der Waals surface area contributed by atoms with Crippen LogP contribution in [0.5, 0.6) is 5.75 Å². The maximum atomic E-state index is 5.78. The number of anilines is 3. The van der Waals surface area contributed by atoms with Gasteiger partial charge in [-0.2, -0.15) is 0 Å². The van der Waals surface area contributed by atoms with Gasteiger partial charge in [-0.15, -0.1) is 0 Å². The Morgan fingerprint density at radius 2 is 2.12 bits per heavy atom. The second kappa shape index (κ2) is 4.37. The summed E-state index contributed by atoms with van der Waals surface area (Å²) in [4.78, 5) is 7.20. The lowest BCUT2D eigenvalue weighted by Gasteiger charge is -2.08. The van der Waals surface area contributed by atoms with Gasteiger partial charge in [0.25, 0.3) is 0 Å². The molecule has 2 aromatic rings. The maximum absolute atomic E-state index is 5.78. The van der Waals surface area contributed by atoms with Gasteiger partial charge in [-0.3, -0.25) is 0 Å². The molecule has 0 amide bonds. The van der Waals surface area contributed by atoms with E-state index in [0.29, 0.717) is 11.6 Å². The van der Waals surface area contributed by atoms with E-state index in [-0.39, 0.29) is 0 Å². The molecule has 0 saturated carbocycles. The van der Waals surface area contributed by atoms with Gasteiger partial charge in [0.2, 0.25) is 0 Å². The van der Waals surface area contributed by atoms with Crippen LogP contribution in [0.25, 0.3) is 0 Å². The summed E-state index contributed by atoms with van der Waals surface area (Å²) in [6.45, 7) is 3.85. The Morgan fingerprint density at radius 1 is 1.35 bits per heavy atom. The number of H-pyrrole nitrogens is 1. The Kier molecular flexibility index (Phi) is 2.91. The highest BCUT2D eigenvalue weighted by Gasteiger charge is 2.06. The van der Waals surface area contributed by atoms with Gasteiger partial charge < -0.3 is 20.8 Å². The van der Waals surface area contributed by atoms with Crippen molar-refractivity contribution in [1.29, 1.82) is 0 Å². The molecule has 0 fully saturated rings. The number of nitrogens with two attached hydrogens (primary N) is 1. The number of nitrogens with zero attached hydrogens (tertiary/aromatic N) is 1. The van der Waals surface area contributed by atoms with Crippen LogP contribution in [0.1, 0.15) is 11.4 Å². The highest BCUT2D eigenvalue weighted by Crippen LogP contribution is 2.25. The van der Waals surface area contributed by atoms with Crippen LogP contribution in [0.15, 0.2) is 18.2 Å². The van der Waals surface area contributed by atoms with Crippen molar-refractivity contribution in [3.05, 3.63) is 29.6 Å². The molecule has 1 heterocycles. The highest BCUT2D eigenvalue weighted by atomic mass is 16.5. The first-order chi connectivity index (χ1) is 8.10. The van der Waals surface area contributed by atoms with Crippen LogP contribution in [-0.2, 0) is 0 Å². The Hall–Kier alpha value is -2.17. The van der Waals surface area contributed by atoms with Crippen molar-refractivity contribution < 1.29 is 4.74 Å². The molecule has 0 saturated heterocycles. The van der Waals surface area contributed by atoms with Crippen molar-refractivity contribution in [2.45, 2.75) is 13.8 Å². The Balaban J connectivity index is 2.24. The molecule has 0 aliphatic carbocycles. The summed E-state index contributed by atoms with van der Waals surface area (Å²) in [6.07, 6.45) is 0. The molecule has 4 N–H and O–H groups in total. The van der Waals surface area contributed by atoms with E-state index in [1.807, 2.05) is 32.0 Å². The van der Waals surface area contributed by atoms with E-state index in [4.69, 9.17) is 10.5 Å². The number of methoxy groups -OCH3 is 1. The molecule has 1 aromatic carbocycles. The highest BCUT2D eigenvalue weighted by molar-refractivity contribution is 5.67. The minimum Gasteiger partial charge on any atom is -0.496 e. The molecule has 0 aliphatic heterocycles. The normalized spacial score (nSPS) is 10.3. The maximum Gasteiger partial charge on any atom is 0.173 e. The minimum atomic E-state index is 0.538. The van der Waals surface area contributed by atoms with Crippen molar-refractivity contribution in [3.63, 3.8) is 0 Å². The molecule has 2 rings (SSSR count). The van der Waals surface area contributed by atoms with Crippen molar-refractivity contribution in [3.8, 4) is 5.75 Å². The van der Waals surface area contributed by atoms with E-state index in [1.54, 1.807) is 7.11 Å². The number of imidazole rings is 1. The minimum absolute atomic E-state index is 0.538. The number of aromatic amines is 1. The summed E-state index contributed by atoms with van der Waals surface area (Å²) in [5.41, 5.74) is 7.77. The molecule has 5 nitrogen and oxygen atoms in total. The third kappa shape index (κ3) is 2.33. The predicted molar refractivity (Wildman–Crippen MR) is 68.8 cm³/mol. The standard InChI is InChI=1S/C12H16N4O/c1-7-6-9(4-5-10(7)17-3)16-12-11(13)14-8(2)15-12/h4-6,16H,13H2,1-3H3,(H,14,15). The Bertz CT molecular complexity index is 533. The molecule has 5 heteroatoms. The van der Waals surface area contributed by atoms with Crippen LogP contribution in [-0.4, -0.2) is 17.1 Å². The van der Waals surface area contributed by atoms with Gasteiger partial charge in [0, 0.05) is 5.69 Å². The number of nitrogens with one attached hydrogen (secondary N) is 2. The topological polar surface area (TPSA) is 76.0 Å². The van der Waals surface area contributed by atoms with E-state index in [9.17, 15) is 0 Å². The first kappa shape index (κ1) is 11.3. The van der Waals surface area contributed by atoms with Crippen LogP contribution in [0, 0.1) is 13.8 Å². The lowest BCUT2D eigenvalue weighted by molar-refractivity contribution is 0.412. The summed E-state index contributed by atoms with van der Waals surface area (Å²) in [6, 6.07) is 5.82. The predicted octanol–water partition coefficient (Wildman–Crippen LogP) is 2.36. The number of benzene rings is 1. The van der Waals surface area contributed by atoms with Gasteiger partial charge in [0.1, 0.15) is 17.4 Å². The quantitative estimate of drug-likeness (QED) is 0.759. The average molecular weight is 232 g/mol. The SMILES string of the molecule is COc1ccc(Nc2nc(C)[nH]c2N)cc1C. The summed E-state index contributed by atoms with van der Waals surface area (Å²) < 4.78 is 5.20. The number of rotatable bonds is 3. The lowest BCUT2D eigenvalue weighted by Crippen LogP contribution is -1.96. The Morgan fingerprint density at radius 3 is 2.65 bits per heavy atom. The second-order valence-electron chi connectivity index (χ2n) is 3.89. The van der Waals surface area contributed by atoms with Crippen LogP contribution in [0.2, 0.25) is 0 Å². The van der Waals surface area contributed by atoms with Gasteiger partial charge in [-0.25, -0.2) is 4.98 Å². The summed E-state index contributed by atoms with van der Waals surface area (Å²) >= 11 is 0. The zero-order chi connectivity index (χ0) is 12.4. The fraction of sp³-hybridized carbons (Fsp3) is 0.250. The molecular formula is C12H16N4O. The number of aromatic nitrogens is 2. The molecule has 0 bridgehead atoms.